The van der Waals surface area contributed by atoms with Crippen LogP contribution in [0.2, 0.25) is 0 Å². The summed E-state index contributed by atoms with van der Waals surface area (Å²) in [5.41, 5.74) is 12.3. The Morgan fingerprint density at radius 1 is 0.333 bits per heavy atom. The minimum absolute atomic E-state index is 1.18. The molecule has 2 nitrogen and oxygen atoms in total. The molecule has 0 atom stereocenters. The Labute approximate surface area is 245 Å². The summed E-state index contributed by atoms with van der Waals surface area (Å²) in [5.74, 6) is 0. The smallest absolute Gasteiger partial charge is 0.0541 e. The Morgan fingerprint density at radius 3 is 0.881 bits per heavy atom. The number of hydrogen-bond acceptors (Lipinski definition) is 0. The third-order valence-corrected chi connectivity index (χ3v) is 8.84. The summed E-state index contributed by atoms with van der Waals surface area (Å²) in [6.07, 6.45) is 0. The number of allylic oxidation sites excluding steroid dienone is 2. The van der Waals surface area contributed by atoms with Crippen molar-refractivity contribution >= 4 is 54.8 Å². The van der Waals surface area contributed by atoms with E-state index in [-0.39, 0.29) is 0 Å². The summed E-state index contributed by atoms with van der Waals surface area (Å²) in [5, 5.41) is 5.14. The Kier molecular flexibility index (Phi) is 5.61. The van der Waals surface area contributed by atoms with Gasteiger partial charge in [0.05, 0.1) is 22.1 Å². The van der Waals surface area contributed by atoms with Crippen LogP contribution in [0.15, 0.2) is 146 Å². The topological polar surface area (TPSA) is 9.86 Å². The highest BCUT2D eigenvalue weighted by Gasteiger charge is 2.13. The van der Waals surface area contributed by atoms with Gasteiger partial charge in [-0.3, -0.25) is 0 Å². The lowest BCUT2D eigenvalue weighted by Crippen LogP contribution is -1.95. The second-order valence-electron chi connectivity index (χ2n) is 11.1. The maximum Gasteiger partial charge on any atom is 0.0541 e. The molecule has 200 valence electrons. The SMILES string of the molecule is CC(=C(C)c1ccc(-n2c3ccccc3c3ccccc32)cc1)c1ccc(-n2c3ccccc3c3ccccc32)cc1. The standard InChI is InChI=1S/C40H30N2/c1-27(29-19-23-31(24-20-29)41-37-15-7-3-11-33(37)34-12-4-8-16-38(34)41)28(2)30-21-25-32(26-22-30)42-39-17-9-5-13-35(39)36-14-6-10-18-40(36)42/h3-26H,1-2H3. The molecule has 0 spiro atoms. The molecule has 8 rings (SSSR count). The fraction of sp³-hybridized carbons (Fsp3) is 0.0500. The van der Waals surface area contributed by atoms with E-state index in [1.165, 1.54) is 77.3 Å². The van der Waals surface area contributed by atoms with E-state index >= 15 is 0 Å². The van der Waals surface area contributed by atoms with Gasteiger partial charge in [0.15, 0.2) is 0 Å². The number of fused-ring (bicyclic) bond motifs is 6. The first-order valence-electron chi connectivity index (χ1n) is 14.5. The second-order valence-corrected chi connectivity index (χ2v) is 11.1. The van der Waals surface area contributed by atoms with Crippen molar-refractivity contribution in [2.24, 2.45) is 0 Å². The Bertz CT molecular complexity index is 2020. The van der Waals surface area contributed by atoms with E-state index in [9.17, 15) is 0 Å². The molecule has 2 aromatic heterocycles. The molecule has 0 bridgehead atoms. The van der Waals surface area contributed by atoms with Crippen LogP contribution >= 0.6 is 0 Å². The zero-order valence-corrected chi connectivity index (χ0v) is 23.8. The average Bonchev–Trinajstić information content (AvgIpc) is 3.57. The molecule has 0 unspecified atom stereocenters. The quantitative estimate of drug-likeness (QED) is 0.197. The van der Waals surface area contributed by atoms with Crippen LogP contribution in [0.3, 0.4) is 0 Å². The van der Waals surface area contributed by atoms with Crippen molar-refractivity contribution in [2.45, 2.75) is 13.8 Å². The van der Waals surface area contributed by atoms with Crippen molar-refractivity contribution in [3.63, 3.8) is 0 Å². The molecule has 0 aliphatic carbocycles. The predicted molar refractivity (Wildman–Crippen MR) is 180 cm³/mol. The summed E-state index contributed by atoms with van der Waals surface area (Å²) in [6.45, 7) is 4.46. The average molecular weight is 539 g/mol. The molecule has 0 radical (unpaired) electrons. The molecule has 2 heteroatoms. The van der Waals surface area contributed by atoms with Gasteiger partial charge in [-0.2, -0.15) is 0 Å². The van der Waals surface area contributed by atoms with E-state index in [1.807, 2.05) is 0 Å². The molecule has 8 aromatic rings. The summed E-state index contributed by atoms with van der Waals surface area (Å²) < 4.78 is 4.74. The van der Waals surface area contributed by atoms with Crippen LogP contribution in [0.1, 0.15) is 25.0 Å². The van der Waals surface area contributed by atoms with Gasteiger partial charge in [0.25, 0.3) is 0 Å². The molecule has 0 aliphatic heterocycles. The highest BCUT2D eigenvalue weighted by molar-refractivity contribution is 6.10. The van der Waals surface area contributed by atoms with Gasteiger partial charge in [-0.1, -0.05) is 97.1 Å². The molecule has 6 aromatic carbocycles. The van der Waals surface area contributed by atoms with E-state index in [0.29, 0.717) is 0 Å². The molecule has 0 saturated heterocycles. The van der Waals surface area contributed by atoms with Gasteiger partial charge in [0.2, 0.25) is 0 Å². The summed E-state index contributed by atoms with van der Waals surface area (Å²) in [4.78, 5) is 0. The third kappa shape index (κ3) is 3.73. The van der Waals surface area contributed by atoms with Crippen molar-refractivity contribution in [1.29, 1.82) is 0 Å². The van der Waals surface area contributed by atoms with Gasteiger partial charge in [0, 0.05) is 32.9 Å². The Hall–Kier alpha value is -5.34. The van der Waals surface area contributed by atoms with Crippen LogP contribution in [0.25, 0.3) is 66.1 Å². The molecular weight excluding hydrogens is 508 g/mol. The molecule has 0 aliphatic rings. The van der Waals surface area contributed by atoms with Gasteiger partial charge in [0.1, 0.15) is 0 Å². The lowest BCUT2D eigenvalue weighted by Gasteiger charge is -2.13. The molecular formula is C40H30N2. The van der Waals surface area contributed by atoms with Crippen molar-refractivity contribution in [3.8, 4) is 11.4 Å². The number of benzene rings is 6. The lowest BCUT2D eigenvalue weighted by atomic mass is 9.96. The third-order valence-electron chi connectivity index (χ3n) is 8.84. The maximum atomic E-state index is 2.37. The van der Waals surface area contributed by atoms with E-state index in [1.54, 1.807) is 0 Å². The Balaban J connectivity index is 1.15. The highest BCUT2D eigenvalue weighted by atomic mass is 15.0. The normalized spacial score (nSPS) is 12.4. The molecule has 2 heterocycles. The second kappa shape index (κ2) is 9.64. The number of nitrogens with zero attached hydrogens (tertiary/aromatic N) is 2. The number of para-hydroxylation sites is 4. The largest absolute Gasteiger partial charge is 0.309 e. The van der Waals surface area contributed by atoms with Gasteiger partial charge in [-0.05, 0) is 84.7 Å². The fourth-order valence-corrected chi connectivity index (χ4v) is 6.56. The van der Waals surface area contributed by atoms with Crippen LogP contribution < -0.4 is 0 Å². The van der Waals surface area contributed by atoms with Gasteiger partial charge < -0.3 is 9.13 Å². The van der Waals surface area contributed by atoms with Gasteiger partial charge >= 0.3 is 0 Å². The monoisotopic (exact) mass is 538 g/mol. The van der Waals surface area contributed by atoms with Crippen LogP contribution in [-0.4, -0.2) is 9.13 Å². The first-order chi connectivity index (χ1) is 20.7. The van der Waals surface area contributed by atoms with E-state index in [2.05, 4.69) is 169 Å². The summed E-state index contributed by atoms with van der Waals surface area (Å²) >= 11 is 0. The van der Waals surface area contributed by atoms with Crippen LogP contribution in [0.4, 0.5) is 0 Å². The first kappa shape index (κ1) is 24.5. The zero-order valence-electron chi connectivity index (χ0n) is 23.8. The zero-order chi connectivity index (χ0) is 28.2. The van der Waals surface area contributed by atoms with Crippen molar-refractivity contribution in [3.05, 3.63) is 157 Å². The van der Waals surface area contributed by atoms with E-state index < -0.39 is 0 Å². The fourth-order valence-electron chi connectivity index (χ4n) is 6.56. The maximum absolute atomic E-state index is 2.37. The minimum Gasteiger partial charge on any atom is -0.309 e. The van der Waals surface area contributed by atoms with Crippen LogP contribution in [-0.2, 0) is 0 Å². The first-order valence-corrected chi connectivity index (χ1v) is 14.5. The summed E-state index contributed by atoms with van der Waals surface area (Å²) in [6, 6.07) is 52.7. The summed E-state index contributed by atoms with van der Waals surface area (Å²) in [7, 11) is 0. The number of rotatable bonds is 4. The number of aromatic nitrogens is 2. The molecule has 0 N–H and O–H groups in total. The van der Waals surface area contributed by atoms with Crippen LogP contribution in [0, 0.1) is 0 Å². The van der Waals surface area contributed by atoms with Gasteiger partial charge in [-0.25, -0.2) is 0 Å². The van der Waals surface area contributed by atoms with E-state index in [0.717, 1.165) is 0 Å². The van der Waals surface area contributed by atoms with Gasteiger partial charge in [-0.15, -0.1) is 0 Å². The number of hydrogen-bond donors (Lipinski definition) is 0. The predicted octanol–water partition coefficient (Wildman–Crippen LogP) is 10.8. The molecule has 0 fully saturated rings. The Morgan fingerprint density at radius 2 is 0.595 bits per heavy atom. The van der Waals surface area contributed by atoms with Crippen molar-refractivity contribution in [2.75, 3.05) is 0 Å². The van der Waals surface area contributed by atoms with Crippen molar-refractivity contribution in [1.82, 2.24) is 9.13 Å². The lowest BCUT2D eigenvalue weighted by molar-refractivity contribution is 1.18. The van der Waals surface area contributed by atoms with E-state index in [4.69, 9.17) is 0 Å². The molecule has 0 amide bonds. The highest BCUT2D eigenvalue weighted by Crippen LogP contribution is 2.34. The minimum atomic E-state index is 1.18. The van der Waals surface area contributed by atoms with Crippen molar-refractivity contribution < 1.29 is 0 Å². The molecule has 42 heavy (non-hydrogen) atoms. The molecule has 0 saturated carbocycles. The van der Waals surface area contributed by atoms with Crippen LogP contribution in [0.5, 0.6) is 0 Å².